The number of H-pyrrole nitrogens is 1. The Hall–Kier alpha value is -3.41. The first-order chi connectivity index (χ1) is 19.1. The number of Topliss-reactive ketones (excluding diaryl/α,β-unsaturated/α-hetero) is 1. The number of aromatic amines is 1. The molecule has 4 aromatic rings. The van der Waals surface area contributed by atoms with E-state index in [0.29, 0.717) is 46.7 Å². The van der Waals surface area contributed by atoms with Gasteiger partial charge in [-0.2, -0.15) is 4.72 Å². The molecular formula is C29H35FN6O3S. The van der Waals surface area contributed by atoms with Gasteiger partial charge in [-0.15, -0.1) is 5.10 Å². The minimum atomic E-state index is -3.73. The Morgan fingerprint density at radius 2 is 1.85 bits per heavy atom. The number of likely N-dealkylation sites (tertiary alicyclic amines) is 1. The van der Waals surface area contributed by atoms with Crippen molar-refractivity contribution in [2.75, 3.05) is 13.1 Å². The van der Waals surface area contributed by atoms with E-state index in [1.165, 1.54) is 19.1 Å². The SMILES string of the molecule is CC(=O)c1[nH]c2ccc(F)cc2c1-c1cn(CCC(NS(=O)(=O)c2ccc(CC(C)C)cc2)N2CCCC2)nn1. The number of aryl methyl sites for hydroxylation is 1. The van der Waals surface area contributed by atoms with Gasteiger partial charge >= 0.3 is 0 Å². The predicted molar refractivity (Wildman–Crippen MR) is 152 cm³/mol. The summed E-state index contributed by atoms with van der Waals surface area (Å²) in [5.74, 6) is -0.115. The van der Waals surface area contributed by atoms with Gasteiger partial charge in [0.1, 0.15) is 11.5 Å². The Bertz CT molecular complexity index is 1600. The van der Waals surface area contributed by atoms with Crippen LogP contribution in [-0.2, 0) is 23.0 Å². The molecule has 40 heavy (non-hydrogen) atoms. The van der Waals surface area contributed by atoms with Gasteiger partial charge in [-0.05, 0) is 80.6 Å². The van der Waals surface area contributed by atoms with Gasteiger partial charge in [-0.25, -0.2) is 12.8 Å². The van der Waals surface area contributed by atoms with Crippen molar-refractivity contribution in [3.63, 3.8) is 0 Å². The summed E-state index contributed by atoms with van der Waals surface area (Å²) < 4.78 is 45.2. The largest absolute Gasteiger partial charge is 0.352 e. The number of aromatic nitrogens is 4. The fraction of sp³-hybridized carbons (Fsp3) is 0.414. The summed E-state index contributed by atoms with van der Waals surface area (Å²) in [5, 5.41) is 9.07. The van der Waals surface area contributed by atoms with Crippen LogP contribution in [0.5, 0.6) is 0 Å². The summed E-state index contributed by atoms with van der Waals surface area (Å²) in [6.07, 6.45) is 4.69. The monoisotopic (exact) mass is 566 g/mol. The number of rotatable bonds is 11. The number of carbonyl (C=O) groups is 1. The summed E-state index contributed by atoms with van der Waals surface area (Å²) in [6.45, 7) is 7.73. The number of halogens is 1. The van der Waals surface area contributed by atoms with E-state index in [2.05, 4.69) is 38.8 Å². The maximum atomic E-state index is 14.0. The number of benzene rings is 2. The molecule has 0 saturated carbocycles. The Morgan fingerprint density at radius 1 is 1.12 bits per heavy atom. The Balaban J connectivity index is 1.35. The third kappa shape index (κ3) is 6.16. The Morgan fingerprint density at radius 3 is 2.52 bits per heavy atom. The molecule has 0 aliphatic carbocycles. The van der Waals surface area contributed by atoms with Crippen molar-refractivity contribution >= 4 is 26.7 Å². The van der Waals surface area contributed by atoms with Gasteiger partial charge in [0, 0.05) is 29.9 Å². The molecule has 0 bridgehead atoms. The minimum Gasteiger partial charge on any atom is -0.352 e. The summed E-state index contributed by atoms with van der Waals surface area (Å²) >= 11 is 0. The van der Waals surface area contributed by atoms with Crippen molar-refractivity contribution in [3.05, 3.63) is 65.7 Å². The van der Waals surface area contributed by atoms with Gasteiger partial charge in [0.15, 0.2) is 5.78 Å². The van der Waals surface area contributed by atoms with Crippen molar-refractivity contribution in [1.29, 1.82) is 0 Å². The third-order valence-electron chi connectivity index (χ3n) is 7.29. The van der Waals surface area contributed by atoms with E-state index >= 15 is 0 Å². The molecule has 1 aliphatic rings. The van der Waals surface area contributed by atoms with Crippen molar-refractivity contribution in [2.45, 2.75) is 64.1 Å². The first-order valence-electron chi connectivity index (χ1n) is 13.7. The second kappa shape index (κ2) is 11.6. The summed E-state index contributed by atoms with van der Waals surface area (Å²) in [6, 6.07) is 11.4. The fourth-order valence-electron chi connectivity index (χ4n) is 5.36. The molecule has 2 N–H and O–H groups in total. The molecule has 212 valence electrons. The number of hydrogen-bond donors (Lipinski definition) is 2. The molecule has 1 fully saturated rings. The lowest BCUT2D eigenvalue weighted by Crippen LogP contribution is -2.47. The van der Waals surface area contributed by atoms with Crippen molar-refractivity contribution in [1.82, 2.24) is 29.6 Å². The fourth-order valence-corrected chi connectivity index (χ4v) is 6.62. The van der Waals surface area contributed by atoms with E-state index in [-0.39, 0.29) is 10.7 Å². The normalized spacial score (nSPS) is 15.3. The molecule has 9 nitrogen and oxygen atoms in total. The van der Waals surface area contributed by atoms with Gasteiger partial charge in [0.25, 0.3) is 0 Å². The number of fused-ring (bicyclic) bond motifs is 1. The van der Waals surface area contributed by atoms with Gasteiger partial charge in [0.05, 0.1) is 23.0 Å². The van der Waals surface area contributed by atoms with Crippen molar-refractivity contribution < 1.29 is 17.6 Å². The number of nitrogens with zero attached hydrogens (tertiary/aromatic N) is 4. The first-order valence-corrected chi connectivity index (χ1v) is 15.2. The lowest BCUT2D eigenvalue weighted by atomic mass is 10.0. The first kappa shape index (κ1) is 28.1. The van der Waals surface area contributed by atoms with Crippen LogP contribution in [0, 0.1) is 11.7 Å². The molecule has 11 heteroatoms. The highest BCUT2D eigenvalue weighted by atomic mass is 32.2. The second-order valence-electron chi connectivity index (χ2n) is 10.9. The van der Waals surface area contributed by atoms with Crippen LogP contribution in [0.3, 0.4) is 0 Å². The highest BCUT2D eigenvalue weighted by Gasteiger charge is 2.28. The predicted octanol–water partition coefficient (Wildman–Crippen LogP) is 4.76. The van der Waals surface area contributed by atoms with E-state index in [4.69, 9.17) is 0 Å². The Kier molecular flexibility index (Phi) is 8.16. The van der Waals surface area contributed by atoms with Crippen LogP contribution >= 0.6 is 0 Å². The van der Waals surface area contributed by atoms with E-state index in [9.17, 15) is 17.6 Å². The second-order valence-corrected chi connectivity index (χ2v) is 12.6. The zero-order valence-corrected chi connectivity index (χ0v) is 23.8. The van der Waals surface area contributed by atoms with Crippen molar-refractivity contribution in [3.8, 4) is 11.3 Å². The third-order valence-corrected chi connectivity index (χ3v) is 8.76. The van der Waals surface area contributed by atoms with Crippen molar-refractivity contribution in [2.24, 2.45) is 5.92 Å². The van der Waals surface area contributed by atoms with Crippen LogP contribution in [-0.4, -0.2) is 58.3 Å². The number of ketones is 1. The lowest BCUT2D eigenvalue weighted by molar-refractivity contribution is 0.101. The molecule has 5 rings (SSSR count). The van der Waals surface area contributed by atoms with Gasteiger partial charge in [0.2, 0.25) is 10.0 Å². The summed E-state index contributed by atoms with van der Waals surface area (Å²) in [5.41, 5.74) is 3.04. The van der Waals surface area contributed by atoms with E-state index in [0.717, 1.165) is 37.9 Å². The molecule has 2 aromatic carbocycles. The highest BCUT2D eigenvalue weighted by Crippen LogP contribution is 2.32. The van der Waals surface area contributed by atoms with Gasteiger partial charge in [-0.1, -0.05) is 31.2 Å². The average molecular weight is 567 g/mol. The topological polar surface area (TPSA) is 113 Å². The maximum absolute atomic E-state index is 14.0. The molecular weight excluding hydrogens is 531 g/mol. The molecule has 1 aliphatic heterocycles. The molecule has 0 radical (unpaired) electrons. The van der Waals surface area contributed by atoms with Crippen LogP contribution in [0.15, 0.2) is 53.6 Å². The quantitative estimate of drug-likeness (QED) is 0.253. The van der Waals surface area contributed by atoms with Crippen LogP contribution in [0.1, 0.15) is 56.1 Å². The number of sulfonamides is 1. The summed E-state index contributed by atoms with van der Waals surface area (Å²) in [4.78, 5) is 17.8. The van der Waals surface area contributed by atoms with Crippen LogP contribution < -0.4 is 4.72 Å². The van der Waals surface area contributed by atoms with E-state index in [1.54, 1.807) is 29.1 Å². The number of carbonyl (C=O) groups excluding carboxylic acids is 1. The van der Waals surface area contributed by atoms with Gasteiger partial charge < -0.3 is 4.98 Å². The average Bonchev–Trinajstić information content (AvgIpc) is 3.66. The van der Waals surface area contributed by atoms with E-state index < -0.39 is 22.0 Å². The lowest BCUT2D eigenvalue weighted by Gasteiger charge is -2.28. The molecule has 1 unspecified atom stereocenters. The zero-order chi connectivity index (χ0) is 28.4. The molecule has 0 amide bonds. The molecule has 1 atom stereocenters. The standard InChI is InChI=1S/C29H35FN6O3S/c1-19(2)16-21-6-9-23(10-7-21)40(38,39)33-27(35-13-4-5-14-35)12-15-36-18-26(32-34-36)28-24-17-22(30)8-11-25(24)31-29(28)20(3)37/h6-11,17-19,27,31,33H,4-5,12-16H2,1-3H3. The molecule has 2 aromatic heterocycles. The maximum Gasteiger partial charge on any atom is 0.241 e. The van der Waals surface area contributed by atoms with Crippen LogP contribution in [0.25, 0.3) is 22.2 Å². The number of hydrogen-bond acceptors (Lipinski definition) is 6. The van der Waals surface area contributed by atoms with Crippen LogP contribution in [0.2, 0.25) is 0 Å². The Labute approximate surface area is 233 Å². The minimum absolute atomic E-state index is 0.193. The van der Waals surface area contributed by atoms with Gasteiger partial charge in [-0.3, -0.25) is 14.4 Å². The highest BCUT2D eigenvalue weighted by molar-refractivity contribution is 7.89. The summed E-state index contributed by atoms with van der Waals surface area (Å²) in [7, 11) is -3.73. The number of nitrogens with one attached hydrogen (secondary N) is 2. The molecule has 1 saturated heterocycles. The molecule has 3 heterocycles. The van der Waals surface area contributed by atoms with Crippen LogP contribution in [0.4, 0.5) is 4.39 Å². The smallest absolute Gasteiger partial charge is 0.241 e. The molecule has 0 spiro atoms. The zero-order valence-electron chi connectivity index (χ0n) is 23.0. The van der Waals surface area contributed by atoms with E-state index in [1.807, 2.05) is 12.1 Å².